The van der Waals surface area contributed by atoms with Crippen LogP contribution in [0.5, 0.6) is 11.5 Å². The molecule has 2 aromatic carbocycles. The molecule has 2 aromatic rings. The molecule has 2 bridgehead atoms. The third-order valence-corrected chi connectivity index (χ3v) is 12.6. The Balaban J connectivity index is 1.48. The molecule has 12 heteroatoms. The normalized spacial score (nSPS) is 31.7. The van der Waals surface area contributed by atoms with Gasteiger partial charge in [0.2, 0.25) is 10.0 Å². The second kappa shape index (κ2) is 13.0. The molecule has 1 spiro atoms. The fourth-order valence-corrected chi connectivity index (χ4v) is 8.86. The van der Waals surface area contributed by atoms with Gasteiger partial charge in [-0.3, -0.25) is 9.69 Å². The highest BCUT2D eigenvalue weighted by molar-refractivity contribution is 7.90. The van der Waals surface area contributed by atoms with Crippen molar-refractivity contribution in [3.8, 4) is 11.5 Å². The zero-order valence-corrected chi connectivity index (χ0v) is 28.4. The summed E-state index contributed by atoms with van der Waals surface area (Å²) in [5, 5.41) is -0.350. The number of amides is 1. The number of hydrogen-bond donors (Lipinski definition) is 1. The van der Waals surface area contributed by atoms with Crippen molar-refractivity contribution in [2.45, 2.75) is 75.3 Å². The second-order valence-corrected chi connectivity index (χ2v) is 15.7. The average molecular weight is 676 g/mol. The molecule has 6 atom stereocenters. The first-order valence-corrected chi connectivity index (χ1v) is 18.0. The Hall–Kier alpha value is -2.86. The monoisotopic (exact) mass is 675 g/mol. The topological polar surface area (TPSA) is 97.4 Å². The van der Waals surface area contributed by atoms with E-state index < -0.39 is 44.7 Å². The Morgan fingerprint density at radius 1 is 1.15 bits per heavy atom. The van der Waals surface area contributed by atoms with Gasteiger partial charge in [0.1, 0.15) is 17.3 Å². The maximum Gasteiger partial charge on any atom is 0.264 e. The lowest BCUT2D eigenvalue weighted by Crippen LogP contribution is -2.53. The number of carbonyl (C=O) groups excluding carboxylic acids is 1. The third-order valence-electron chi connectivity index (χ3n) is 10.4. The molecular weight excluding hydrogens is 633 g/mol. The van der Waals surface area contributed by atoms with E-state index in [1.54, 1.807) is 39.2 Å². The first-order valence-electron chi connectivity index (χ1n) is 16.1. The summed E-state index contributed by atoms with van der Waals surface area (Å²) in [7, 11) is -2.47. The van der Waals surface area contributed by atoms with Crippen LogP contribution in [0.25, 0.3) is 0 Å². The Labute approximate surface area is 276 Å². The van der Waals surface area contributed by atoms with Gasteiger partial charge in [0.15, 0.2) is 0 Å². The highest BCUT2D eigenvalue weighted by Crippen LogP contribution is 2.46. The van der Waals surface area contributed by atoms with Crippen molar-refractivity contribution in [3.63, 3.8) is 0 Å². The van der Waals surface area contributed by atoms with Gasteiger partial charge in [0.05, 0.1) is 41.7 Å². The van der Waals surface area contributed by atoms with Crippen LogP contribution in [0.1, 0.15) is 62.4 Å². The lowest BCUT2D eigenvalue weighted by molar-refractivity contribution is 0.0270. The first-order chi connectivity index (χ1) is 21.9. The number of benzene rings is 2. The van der Waals surface area contributed by atoms with Gasteiger partial charge in [-0.05, 0) is 82.3 Å². The predicted molar refractivity (Wildman–Crippen MR) is 176 cm³/mol. The van der Waals surface area contributed by atoms with Crippen molar-refractivity contribution in [1.29, 1.82) is 0 Å². The SMILES string of the molecule is CO[C@H](C)[C@H]1/C(F)=C/C[C@H](C)[C@@H](C)S(=O)(=O)NC(=O)c2ccc3c(c2)N(C[C@@H]2CCCN21)C[C@@]1(CCOc2cc(Cl)ccc21)CO3. The highest BCUT2D eigenvalue weighted by atomic mass is 35.5. The number of nitrogens with zero attached hydrogens (tertiary/aromatic N) is 2. The fraction of sp³-hybridized carbons (Fsp3) is 0.559. The Morgan fingerprint density at radius 3 is 2.74 bits per heavy atom. The molecule has 0 aromatic heterocycles. The van der Waals surface area contributed by atoms with Crippen LogP contribution < -0.4 is 19.1 Å². The van der Waals surface area contributed by atoms with Gasteiger partial charge < -0.3 is 19.1 Å². The number of halogens is 2. The van der Waals surface area contributed by atoms with Crippen LogP contribution in [0.2, 0.25) is 5.02 Å². The van der Waals surface area contributed by atoms with Gasteiger partial charge >= 0.3 is 0 Å². The number of fused-ring (bicyclic) bond motifs is 4. The Kier molecular flexibility index (Phi) is 9.32. The number of carbonyl (C=O) groups is 1. The van der Waals surface area contributed by atoms with Gasteiger partial charge in [0, 0.05) is 42.4 Å². The van der Waals surface area contributed by atoms with Crippen LogP contribution in [-0.2, 0) is 20.2 Å². The lowest BCUT2D eigenvalue weighted by Gasteiger charge is -2.42. The van der Waals surface area contributed by atoms with E-state index in [9.17, 15) is 13.2 Å². The molecule has 6 rings (SSSR count). The number of hydrogen-bond acceptors (Lipinski definition) is 8. The Bertz CT molecular complexity index is 1620. The number of ether oxygens (including phenoxy) is 3. The van der Waals surface area contributed by atoms with E-state index in [1.165, 1.54) is 6.08 Å². The van der Waals surface area contributed by atoms with Gasteiger partial charge in [-0.2, -0.15) is 0 Å². The Morgan fingerprint density at radius 2 is 1.96 bits per heavy atom. The maximum atomic E-state index is 16.2. The predicted octanol–water partition coefficient (Wildman–Crippen LogP) is 5.47. The number of sulfonamides is 1. The van der Waals surface area contributed by atoms with E-state index in [-0.39, 0.29) is 23.9 Å². The summed E-state index contributed by atoms with van der Waals surface area (Å²) in [6.07, 6.45) is 3.72. The molecule has 0 aliphatic carbocycles. The van der Waals surface area contributed by atoms with Gasteiger partial charge in [0.25, 0.3) is 5.91 Å². The number of methoxy groups -OCH3 is 1. The summed E-state index contributed by atoms with van der Waals surface area (Å²) in [5.41, 5.74) is 1.46. The van der Waals surface area contributed by atoms with E-state index >= 15 is 4.39 Å². The van der Waals surface area contributed by atoms with E-state index in [2.05, 4.69) is 14.5 Å². The van der Waals surface area contributed by atoms with Crippen LogP contribution >= 0.6 is 11.6 Å². The molecule has 46 heavy (non-hydrogen) atoms. The minimum absolute atomic E-state index is 0.0172. The molecule has 0 saturated carbocycles. The summed E-state index contributed by atoms with van der Waals surface area (Å²) < 4.78 is 63.4. The van der Waals surface area contributed by atoms with Crippen molar-refractivity contribution in [3.05, 3.63) is 64.5 Å². The average Bonchev–Trinajstić information content (AvgIpc) is 3.42. The lowest BCUT2D eigenvalue weighted by atomic mass is 9.76. The molecule has 4 heterocycles. The first kappa shape index (κ1) is 33.1. The number of nitrogens with one attached hydrogen (secondary N) is 1. The van der Waals surface area contributed by atoms with E-state index in [4.69, 9.17) is 25.8 Å². The smallest absolute Gasteiger partial charge is 0.264 e. The quantitative estimate of drug-likeness (QED) is 0.448. The minimum Gasteiger partial charge on any atom is -0.493 e. The minimum atomic E-state index is -4.06. The van der Waals surface area contributed by atoms with E-state index in [0.29, 0.717) is 55.7 Å². The third kappa shape index (κ3) is 6.23. The molecule has 0 radical (unpaired) electrons. The summed E-state index contributed by atoms with van der Waals surface area (Å²) >= 11 is 6.34. The van der Waals surface area contributed by atoms with Crippen LogP contribution in [0.15, 0.2) is 48.3 Å². The van der Waals surface area contributed by atoms with Crippen LogP contribution in [0, 0.1) is 5.92 Å². The largest absolute Gasteiger partial charge is 0.493 e. The molecule has 4 aliphatic rings. The van der Waals surface area contributed by atoms with Gasteiger partial charge in [-0.15, -0.1) is 0 Å². The summed E-state index contributed by atoms with van der Waals surface area (Å²) in [4.78, 5) is 17.9. The number of rotatable bonds is 2. The molecule has 1 fully saturated rings. The maximum absolute atomic E-state index is 16.2. The molecule has 4 aliphatic heterocycles. The zero-order valence-electron chi connectivity index (χ0n) is 26.8. The zero-order chi connectivity index (χ0) is 32.8. The van der Waals surface area contributed by atoms with Gasteiger partial charge in [-0.25, -0.2) is 17.5 Å². The highest BCUT2D eigenvalue weighted by Gasteiger charge is 2.45. The molecule has 1 N–H and O–H groups in total. The van der Waals surface area contributed by atoms with E-state index in [0.717, 1.165) is 24.2 Å². The standard InChI is InChI=1S/C34H43ClFN3O6S/c1-21-7-11-28(36)32(22(2)43-4)39-14-5-6-26(39)18-38-19-34(13-15-44-31-17-25(35)9-10-27(31)34)20-45-30-12-8-24(16-29(30)38)33(40)37-46(41,42)23(21)3/h8-12,16-17,21-23,26,32H,5-7,13-15,18-20H2,1-4H3,(H,37,40)/b28-11-/t21-,22+,23+,26-,32-,34-/m0/s1. The van der Waals surface area contributed by atoms with Crippen LogP contribution in [0.3, 0.4) is 0 Å². The fourth-order valence-electron chi connectivity index (χ4n) is 7.42. The van der Waals surface area contributed by atoms with E-state index in [1.807, 2.05) is 25.1 Å². The molecule has 1 amide bonds. The van der Waals surface area contributed by atoms with Crippen molar-refractivity contribution in [2.75, 3.05) is 44.9 Å². The molecule has 250 valence electrons. The van der Waals surface area contributed by atoms with Crippen LogP contribution in [-0.4, -0.2) is 82.6 Å². The van der Waals surface area contributed by atoms with Gasteiger partial charge in [-0.1, -0.05) is 30.7 Å². The van der Waals surface area contributed by atoms with Crippen molar-refractivity contribution in [2.24, 2.45) is 5.92 Å². The van der Waals surface area contributed by atoms with Crippen molar-refractivity contribution < 1.29 is 31.8 Å². The second-order valence-electron chi connectivity index (χ2n) is 13.3. The summed E-state index contributed by atoms with van der Waals surface area (Å²) in [6, 6.07) is 10.1. The van der Waals surface area contributed by atoms with Crippen molar-refractivity contribution >= 4 is 33.2 Å². The molecule has 1 saturated heterocycles. The molecule has 0 unspecified atom stereocenters. The molecular formula is C34H43ClFN3O6S. The number of anilines is 1. The van der Waals surface area contributed by atoms with Crippen LogP contribution in [0.4, 0.5) is 10.1 Å². The molecule has 9 nitrogen and oxygen atoms in total. The summed E-state index contributed by atoms with van der Waals surface area (Å²) in [6.45, 7) is 7.82. The number of allylic oxidation sites excluding steroid dienone is 1. The van der Waals surface area contributed by atoms with Crippen molar-refractivity contribution in [1.82, 2.24) is 9.62 Å². The summed E-state index contributed by atoms with van der Waals surface area (Å²) in [5.74, 6) is -0.167.